The highest BCUT2D eigenvalue weighted by Crippen LogP contribution is 2.38. The van der Waals surface area contributed by atoms with Crippen LogP contribution in [0.1, 0.15) is 36.2 Å². The second kappa shape index (κ2) is 9.37. The fraction of sp³-hybridized carbons (Fsp3) is 0.346. The number of anilines is 1. The van der Waals surface area contributed by atoms with Crippen LogP contribution in [0.3, 0.4) is 0 Å². The Kier molecular flexibility index (Phi) is 6.27. The molecular weight excluding hydrogens is 469 g/mol. The van der Waals surface area contributed by atoms with Crippen molar-refractivity contribution in [1.82, 2.24) is 9.47 Å². The van der Waals surface area contributed by atoms with Crippen LogP contribution in [0.25, 0.3) is 10.9 Å². The number of halogens is 1. The van der Waals surface area contributed by atoms with Gasteiger partial charge in [0.15, 0.2) is 0 Å². The molecular formula is C26H26FN3O4S. The van der Waals surface area contributed by atoms with Crippen molar-refractivity contribution in [3.8, 4) is 0 Å². The number of carbonyl (C=O) groups excluding carboxylic acids is 1. The van der Waals surface area contributed by atoms with Crippen LogP contribution in [0.5, 0.6) is 0 Å². The standard InChI is InChI=1S/C26H26FN3O4S/c1-16(35-18-5-3-2-4-6-18)25(32)29-11-9-28(10-12-29)23-14-22-19(13-21(23)27)24(31)20(26(33)34)15-30(22)17-7-8-17/h2-6,13-17H,7-12H2,1H3,(H,33,34)/t16-/m1/s1. The van der Waals surface area contributed by atoms with Crippen LogP contribution in [-0.4, -0.2) is 57.9 Å². The molecule has 5 rings (SSSR count). The van der Waals surface area contributed by atoms with Gasteiger partial charge in [-0.1, -0.05) is 18.2 Å². The van der Waals surface area contributed by atoms with Gasteiger partial charge in [-0.15, -0.1) is 11.8 Å². The number of piperazine rings is 1. The molecule has 0 radical (unpaired) electrons. The van der Waals surface area contributed by atoms with E-state index in [4.69, 9.17) is 0 Å². The summed E-state index contributed by atoms with van der Waals surface area (Å²) in [5.74, 6) is -1.82. The van der Waals surface area contributed by atoms with Crippen molar-refractivity contribution in [3.63, 3.8) is 0 Å². The Hall–Kier alpha value is -3.33. The predicted molar refractivity (Wildman–Crippen MR) is 134 cm³/mol. The van der Waals surface area contributed by atoms with E-state index in [0.717, 1.165) is 23.8 Å². The van der Waals surface area contributed by atoms with Crippen molar-refractivity contribution >= 4 is 40.2 Å². The maximum absolute atomic E-state index is 15.2. The lowest BCUT2D eigenvalue weighted by Gasteiger charge is -2.37. The molecule has 1 saturated carbocycles. The number of carboxylic acid groups (broad SMARTS) is 1. The summed E-state index contributed by atoms with van der Waals surface area (Å²) in [7, 11) is 0. The van der Waals surface area contributed by atoms with Gasteiger partial charge in [0.05, 0.1) is 16.5 Å². The van der Waals surface area contributed by atoms with Crippen molar-refractivity contribution in [2.24, 2.45) is 0 Å². The second-order valence-corrected chi connectivity index (χ2v) is 10.4. The molecule has 35 heavy (non-hydrogen) atoms. The third-order valence-corrected chi connectivity index (χ3v) is 7.71. The smallest absolute Gasteiger partial charge is 0.341 e. The minimum atomic E-state index is -1.31. The molecule has 1 atom stereocenters. The quantitative estimate of drug-likeness (QED) is 0.521. The van der Waals surface area contributed by atoms with Crippen LogP contribution in [0, 0.1) is 5.82 Å². The summed E-state index contributed by atoms with van der Waals surface area (Å²) in [5, 5.41) is 9.28. The third kappa shape index (κ3) is 4.65. The van der Waals surface area contributed by atoms with E-state index in [2.05, 4.69) is 0 Å². The molecule has 1 aromatic heterocycles. The summed E-state index contributed by atoms with van der Waals surface area (Å²) in [4.78, 5) is 42.0. The van der Waals surface area contributed by atoms with Crippen molar-refractivity contribution in [3.05, 3.63) is 70.3 Å². The van der Waals surface area contributed by atoms with Gasteiger partial charge in [0.2, 0.25) is 11.3 Å². The zero-order valence-corrected chi connectivity index (χ0v) is 20.1. The first-order chi connectivity index (χ1) is 16.8. The molecule has 0 bridgehead atoms. The number of aromatic carboxylic acids is 1. The van der Waals surface area contributed by atoms with E-state index in [1.54, 1.807) is 10.6 Å². The largest absolute Gasteiger partial charge is 0.477 e. The molecule has 0 unspecified atom stereocenters. The van der Waals surface area contributed by atoms with Gasteiger partial charge in [0.25, 0.3) is 0 Å². The van der Waals surface area contributed by atoms with Gasteiger partial charge in [-0.3, -0.25) is 9.59 Å². The number of carbonyl (C=O) groups is 2. The molecule has 1 amide bonds. The van der Waals surface area contributed by atoms with Gasteiger partial charge in [-0.2, -0.15) is 0 Å². The topological polar surface area (TPSA) is 82.8 Å². The molecule has 2 aliphatic rings. The molecule has 1 N–H and O–H groups in total. The van der Waals surface area contributed by atoms with Crippen LogP contribution in [0.2, 0.25) is 0 Å². The monoisotopic (exact) mass is 495 g/mol. The normalized spacial score (nSPS) is 17.0. The summed E-state index contributed by atoms with van der Waals surface area (Å²) in [6, 6.07) is 12.7. The Balaban J connectivity index is 1.35. The van der Waals surface area contributed by atoms with E-state index in [0.29, 0.717) is 37.4 Å². The Labute approximate surface area is 206 Å². The number of aromatic nitrogens is 1. The molecule has 3 aromatic rings. The van der Waals surface area contributed by atoms with Gasteiger partial charge in [-0.25, -0.2) is 9.18 Å². The highest BCUT2D eigenvalue weighted by Gasteiger charge is 2.30. The SMILES string of the molecule is C[C@@H](Sc1ccccc1)C(=O)N1CCN(c2cc3c(cc2F)c(=O)c(C(=O)O)cn3C2CC2)CC1. The van der Waals surface area contributed by atoms with E-state index < -0.39 is 17.2 Å². The molecule has 1 aliphatic carbocycles. The van der Waals surface area contributed by atoms with E-state index in [-0.39, 0.29) is 28.1 Å². The number of hydrogen-bond donors (Lipinski definition) is 1. The highest BCUT2D eigenvalue weighted by atomic mass is 32.2. The molecule has 1 aliphatic heterocycles. The van der Waals surface area contributed by atoms with Gasteiger partial charge in [0, 0.05) is 48.7 Å². The van der Waals surface area contributed by atoms with Gasteiger partial charge >= 0.3 is 5.97 Å². The van der Waals surface area contributed by atoms with Crippen molar-refractivity contribution in [2.45, 2.75) is 36.0 Å². The second-order valence-electron chi connectivity index (χ2n) is 9.02. The predicted octanol–water partition coefficient (Wildman–Crippen LogP) is 4.00. The number of hydrogen-bond acceptors (Lipinski definition) is 5. The minimum Gasteiger partial charge on any atom is -0.477 e. The lowest BCUT2D eigenvalue weighted by molar-refractivity contribution is -0.130. The number of fused-ring (bicyclic) bond motifs is 1. The summed E-state index contributed by atoms with van der Waals surface area (Å²) in [6.45, 7) is 3.79. The molecule has 2 fully saturated rings. The van der Waals surface area contributed by atoms with Crippen molar-refractivity contribution in [2.75, 3.05) is 31.1 Å². The van der Waals surface area contributed by atoms with Gasteiger partial charge in [-0.05, 0) is 44.0 Å². The van der Waals surface area contributed by atoms with E-state index in [1.807, 2.05) is 47.1 Å². The number of nitrogens with zero attached hydrogens (tertiary/aromatic N) is 3. The molecule has 7 nitrogen and oxygen atoms in total. The maximum atomic E-state index is 15.2. The zero-order chi connectivity index (χ0) is 24.7. The summed E-state index contributed by atoms with van der Waals surface area (Å²) in [5.41, 5.74) is -0.0974. The van der Waals surface area contributed by atoms with Gasteiger partial charge < -0.3 is 19.5 Å². The lowest BCUT2D eigenvalue weighted by atomic mass is 10.1. The lowest BCUT2D eigenvalue weighted by Crippen LogP contribution is -2.50. The fourth-order valence-corrected chi connectivity index (χ4v) is 5.56. The summed E-state index contributed by atoms with van der Waals surface area (Å²) >= 11 is 1.52. The first-order valence-electron chi connectivity index (χ1n) is 11.7. The Morgan fingerprint density at radius 3 is 2.40 bits per heavy atom. The van der Waals surface area contributed by atoms with Crippen LogP contribution in [-0.2, 0) is 4.79 Å². The van der Waals surface area contributed by atoms with E-state index in [9.17, 15) is 19.5 Å². The number of benzene rings is 2. The minimum absolute atomic E-state index is 0.0567. The molecule has 2 aromatic carbocycles. The number of thioether (sulfide) groups is 1. The van der Waals surface area contributed by atoms with Crippen LogP contribution < -0.4 is 10.3 Å². The first kappa shape index (κ1) is 23.4. The van der Waals surface area contributed by atoms with Crippen LogP contribution in [0.4, 0.5) is 10.1 Å². The fourth-order valence-electron chi connectivity index (χ4n) is 4.59. The summed E-state index contributed by atoms with van der Waals surface area (Å²) in [6.07, 6.45) is 3.17. The molecule has 1 saturated heterocycles. The Bertz CT molecular complexity index is 1350. The number of rotatable bonds is 6. The molecule has 9 heteroatoms. The Morgan fingerprint density at radius 1 is 1.09 bits per heavy atom. The molecule has 182 valence electrons. The highest BCUT2D eigenvalue weighted by molar-refractivity contribution is 8.00. The number of carboxylic acids is 1. The average Bonchev–Trinajstić information content (AvgIpc) is 3.70. The molecule has 2 heterocycles. The average molecular weight is 496 g/mol. The number of amides is 1. The van der Waals surface area contributed by atoms with Crippen LogP contribution >= 0.6 is 11.8 Å². The maximum Gasteiger partial charge on any atom is 0.341 e. The first-order valence-corrected chi connectivity index (χ1v) is 12.6. The van der Waals surface area contributed by atoms with Crippen molar-refractivity contribution in [1.29, 1.82) is 0 Å². The van der Waals surface area contributed by atoms with Crippen LogP contribution in [0.15, 0.2) is 58.4 Å². The number of pyridine rings is 1. The van der Waals surface area contributed by atoms with E-state index >= 15 is 4.39 Å². The molecule has 0 spiro atoms. The Morgan fingerprint density at radius 2 is 1.77 bits per heavy atom. The van der Waals surface area contributed by atoms with Gasteiger partial charge in [0.1, 0.15) is 11.4 Å². The van der Waals surface area contributed by atoms with Crippen molar-refractivity contribution < 1.29 is 19.1 Å². The van der Waals surface area contributed by atoms with E-state index in [1.165, 1.54) is 18.0 Å². The summed E-state index contributed by atoms with van der Waals surface area (Å²) < 4.78 is 17.0. The third-order valence-electron chi connectivity index (χ3n) is 6.61. The zero-order valence-electron chi connectivity index (χ0n) is 19.3.